The minimum atomic E-state index is -1.07. The molecule has 0 bridgehead atoms. The number of carboxylic acids is 1. The van der Waals surface area contributed by atoms with Crippen LogP contribution in [-0.4, -0.2) is 35.8 Å². The molecule has 0 radical (unpaired) electrons. The summed E-state index contributed by atoms with van der Waals surface area (Å²) in [5.74, 6) is -0.668. The molecule has 0 amide bonds. The summed E-state index contributed by atoms with van der Waals surface area (Å²) in [6.45, 7) is 0. The molecular weight excluding hydrogens is 306 g/mol. The van der Waals surface area contributed by atoms with Gasteiger partial charge in [-0.2, -0.15) is 5.10 Å². The van der Waals surface area contributed by atoms with Crippen molar-refractivity contribution in [2.24, 2.45) is 0 Å². The first kappa shape index (κ1) is 12.8. The van der Waals surface area contributed by atoms with E-state index < -0.39 is 5.97 Å². The van der Waals surface area contributed by atoms with Gasteiger partial charge >= 0.3 is 5.97 Å². The van der Waals surface area contributed by atoms with E-state index in [1.807, 2.05) is 24.3 Å². The predicted molar refractivity (Wildman–Crippen MR) is 80.5 cm³/mol. The second-order valence-electron chi connectivity index (χ2n) is 4.65. The number of benzene rings is 1. The Morgan fingerprint density at radius 3 is 2.95 bits per heavy atom. The van der Waals surface area contributed by atoms with E-state index >= 15 is 0 Å². The lowest BCUT2D eigenvalue weighted by Gasteiger charge is -2.02. The highest BCUT2D eigenvalue weighted by Crippen LogP contribution is 2.25. The largest absolute Gasteiger partial charge is 0.478 e. The Hall–Kier alpha value is -2.93. The van der Waals surface area contributed by atoms with Crippen molar-refractivity contribution in [3.8, 4) is 5.82 Å². The molecule has 0 saturated heterocycles. The van der Waals surface area contributed by atoms with Crippen molar-refractivity contribution in [1.29, 1.82) is 0 Å². The van der Waals surface area contributed by atoms with Gasteiger partial charge < -0.3 is 10.1 Å². The Labute approximate surface area is 128 Å². The molecule has 0 aliphatic heterocycles. The van der Waals surface area contributed by atoms with Crippen LogP contribution in [0.2, 0.25) is 5.15 Å². The molecule has 0 fully saturated rings. The van der Waals surface area contributed by atoms with Crippen molar-refractivity contribution in [2.45, 2.75) is 0 Å². The summed E-state index contributed by atoms with van der Waals surface area (Å²) in [4.78, 5) is 22.5. The summed E-state index contributed by atoms with van der Waals surface area (Å²) in [7, 11) is 0. The Balaban J connectivity index is 2.00. The number of nitrogens with zero attached hydrogens (tertiary/aromatic N) is 4. The number of halogens is 1. The molecule has 22 heavy (non-hydrogen) atoms. The number of aromatic nitrogens is 5. The molecule has 0 unspecified atom stereocenters. The van der Waals surface area contributed by atoms with Crippen LogP contribution < -0.4 is 0 Å². The third kappa shape index (κ3) is 1.76. The number of aromatic carboxylic acids is 1. The molecule has 4 rings (SSSR count). The van der Waals surface area contributed by atoms with Gasteiger partial charge in [0.2, 0.25) is 0 Å². The molecule has 108 valence electrons. The third-order valence-corrected chi connectivity index (χ3v) is 3.64. The molecule has 8 heteroatoms. The number of carbonyl (C=O) groups is 1. The average molecular weight is 314 g/mol. The van der Waals surface area contributed by atoms with E-state index in [0.29, 0.717) is 16.6 Å². The number of rotatable bonds is 2. The van der Waals surface area contributed by atoms with E-state index in [-0.39, 0.29) is 11.1 Å². The van der Waals surface area contributed by atoms with E-state index in [4.69, 9.17) is 11.6 Å². The van der Waals surface area contributed by atoms with Crippen LogP contribution in [0.5, 0.6) is 0 Å². The summed E-state index contributed by atoms with van der Waals surface area (Å²) in [5, 5.41) is 14.6. The molecule has 3 heterocycles. The van der Waals surface area contributed by atoms with Crippen LogP contribution in [-0.2, 0) is 0 Å². The van der Waals surface area contributed by atoms with Gasteiger partial charge in [-0.3, -0.25) is 0 Å². The minimum Gasteiger partial charge on any atom is -0.478 e. The summed E-state index contributed by atoms with van der Waals surface area (Å²) < 4.78 is 1.54. The Morgan fingerprint density at radius 2 is 2.14 bits per heavy atom. The Bertz CT molecular complexity index is 1040. The first-order valence-electron chi connectivity index (χ1n) is 6.36. The molecule has 7 nitrogen and oxygen atoms in total. The molecular formula is C14H8ClN5O2. The molecule has 0 spiro atoms. The second kappa shape index (κ2) is 4.54. The highest BCUT2D eigenvalue weighted by atomic mass is 35.5. The second-order valence-corrected chi connectivity index (χ2v) is 5.01. The average Bonchev–Trinajstić information content (AvgIpc) is 3.09. The first-order valence-corrected chi connectivity index (χ1v) is 6.74. The smallest absolute Gasteiger partial charge is 0.339 e. The summed E-state index contributed by atoms with van der Waals surface area (Å²) in [5.41, 5.74) is 1.52. The van der Waals surface area contributed by atoms with E-state index in [0.717, 1.165) is 10.9 Å². The van der Waals surface area contributed by atoms with Crippen LogP contribution in [0.25, 0.3) is 27.9 Å². The summed E-state index contributed by atoms with van der Waals surface area (Å²) in [6, 6.07) is 7.44. The Kier molecular flexibility index (Phi) is 2.64. The molecule has 0 atom stereocenters. The van der Waals surface area contributed by atoms with Gasteiger partial charge in [0, 0.05) is 11.6 Å². The number of hydrogen-bond acceptors (Lipinski definition) is 4. The monoisotopic (exact) mass is 313 g/mol. The molecule has 3 aromatic heterocycles. The van der Waals surface area contributed by atoms with Gasteiger partial charge in [-0.05, 0) is 12.1 Å². The lowest BCUT2D eigenvalue weighted by atomic mass is 10.2. The van der Waals surface area contributed by atoms with Crippen LogP contribution in [0.1, 0.15) is 10.4 Å². The van der Waals surface area contributed by atoms with Gasteiger partial charge in [-0.15, -0.1) is 0 Å². The number of carboxylic acid groups (broad SMARTS) is 1. The number of nitrogens with one attached hydrogen (secondary N) is 1. The van der Waals surface area contributed by atoms with Gasteiger partial charge in [0.05, 0.1) is 11.7 Å². The first-order chi connectivity index (χ1) is 10.6. The van der Waals surface area contributed by atoms with Crippen LogP contribution in [0, 0.1) is 0 Å². The number of H-pyrrole nitrogens is 1. The van der Waals surface area contributed by atoms with Crippen LogP contribution >= 0.6 is 11.6 Å². The zero-order chi connectivity index (χ0) is 15.3. The van der Waals surface area contributed by atoms with E-state index in [1.165, 1.54) is 12.4 Å². The van der Waals surface area contributed by atoms with Crippen molar-refractivity contribution in [3.63, 3.8) is 0 Å². The lowest BCUT2D eigenvalue weighted by molar-refractivity contribution is 0.0699. The summed E-state index contributed by atoms with van der Waals surface area (Å²) >= 11 is 6.13. The van der Waals surface area contributed by atoms with E-state index in [1.54, 1.807) is 4.68 Å². The van der Waals surface area contributed by atoms with Crippen LogP contribution in [0.15, 0.2) is 36.7 Å². The predicted octanol–water partition coefficient (Wildman–Crippen LogP) is 2.65. The number of fused-ring (bicyclic) bond motifs is 2. The number of para-hydroxylation sites is 1. The third-order valence-electron chi connectivity index (χ3n) is 3.36. The fourth-order valence-electron chi connectivity index (χ4n) is 2.35. The molecule has 1 aromatic carbocycles. The highest BCUT2D eigenvalue weighted by Gasteiger charge is 2.16. The SMILES string of the molecule is O=C(O)c1c[nH]c2ncc(-n3nc(Cl)c4ccccc43)nc12. The maximum atomic E-state index is 11.2. The minimum absolute atomic E-state index is 0.0620. The maximum Gasteiger partial charge on any atom is 0.339 e. The normalized spacial score (nSPS) is 11.3. The van der Waals surface area contributed by atoms with E-state index in [2.05, 4.69) is 20.1 Å². The van der Waals surface area contributed by atoms with Crippen molar-refractivity contribution in [3.05, 3.63) is 47.4 Å². The standard InChI is InChI=1S/C14H8ClN5O2/c15-12-7-3-1-2-4-9(7)20(19-12)10-6-17-13-11(18-10)8(5-16-13)14(21)22/h1-6H,(H,16,17)(H,21,22). The van der Waals surface area contributed by atoms with Gasteiger partial charge in [0.1, 0.15) is 11.1 Å². The fourth-order valence-corrected chi connectivity index (χ4v) is 2.59. The highest BCUT2D eigenvalue weighted by molar-refractivity contribution is 6.34. The van der Waals surface area contributed by atoms with Crippen LogP contribution in [0.4, 0.5) is 0 Å². The molecule has 2 N–H and O–H groups in total. The molecule has 4 aromatic rings. The van der Waals surface area contributed by atoms with Gasteiger partial charge in [-0.25, -0.2) is 19.4 Å². The number of aromatic amines is 1. The quantitative estimate of drug-likeness (QED) is 0.593. The van der Waals surface area contributed by atoms with Gasteiger partial charge in [0.25, 0.3) is 0 Å². The van der Waals surface area contributed by atoms with Gasteiger partial charge in [0.15, 0.2) is 16.6 Å². The van der Waals surface area contributed by atoms with Crippen molar-refractivity contribution >= 4 is 39.6 Å². The topological polar surface area (TPSA) is 96.7 Å². The lowest BCUT2D eigenvalue weighted by Crippen LogP contribution is -2.02. The fraction of sp³-hybridized carbons (Fsp3) is 0. The van der Waals surface area contributed by atoms with Gasteiger partial charge in [-0.1, -0.05) is 23.7 Å². The zero-order valence-electron chi connectivity index (χ0n) is 11.0. The van der Waals surface area contributed by atoms with Crippen molar-refractivity contribution in [1.82, 2.24) is 24.7 Å². The molecule has 0 saturated carbocycles. The zero-order valence-corrected chi connectivity index (χ0v) is 11.7. The Morgan fingerprint density at radius 1 is 1.32 bits per heavy atom. The number of hydrogen-bond donors (Lipinski definition) is 2. The summed E-state index contributed by atoms with van der Waals surface area (Å²) in [6.07, 6.45) is 2.88. The van der Waals surface area contributed by atoms with Crippen LogP contribution in [0.3, 0.4) is 0 Å². The molecule has 0 aliphatic carbocycles. The van der Waals surface area contributed by atoms with E-state index in [9.17, 15) is 9.90 Å². The van der Waals surface area contributed by atoms with Crippen molar-refractivity contribution in [2.75, 3.05) is 0 Å². The van der Waals surface area contributed by atoms with Crippen molar-refractivity contribution < 1.29 is 9.90 Å². The maximum absolute atomic E-state index is 11.2. The molecule has 0 aliphatic rings.